The standard InChI is InChI=1S/C17H26FN5O5/c1-2-3-4-5-6-7-13(24)21-10-14(25)19-8-9-20-16(27)23-11-12(18)15(26)22-17(23)28/h11H,2-10H2,1H3,(H,19,25)(H,20,27)(H,21,24)(H,22,26,28). The van der Waals surface area contributed by atoms with Crippen LogP contribution in [-0.4, -0.2) is 47.0 Å². The Hall–Kier alpha value is -2.98. The zero-order valence-electron chi connectivity index (χ0n) is 15.8. The first-order chi connectivity index (χ1) is 13.3. The van der Waals surface area contributed by atoms with Crippen LogP contribution in [0.4, 0.5) is 9.18 Å². The van der Waals surface area contributed by atoms with E-state index in [1.807, 2.05) is 0 Å². The van der Waals surface area contributed by atoms with Crippen molar-refractivity contribution in [2.75, 3.05) is 19.6 Å². The highest BCUT2D eigenvalue weighted by Crippen LogP contribution is 2.04. The molecule has 10 nitrogen and oxygen atoms in total. The Morgan fingerprint density at radius 2 is 1.68 bits per heavy atom. The number of unbranched alkanes of at least 4 members (excludes halogenated alkanes) is 4. The van der Waals surface area contributed by atoms with Crippen molar-refractivity contribution in [2.45, 2.75) is 45.4 Å². The van der Waals surface area contributed by atoms with Crippen LogP contribution >= 0.6 is 0 Å². The number of carbonyl (C=O) groups excluding carboxylic acids is 3. The van der Waals surface area contributed by atoms with Crippen molar-refractivity contribution in [1.29, 1.82) is 0 Å². The number of carbonyl (C=O) groups is 3. The van der Waals surface area contributed by atoms with E-state index in [4.69, 9.17) is 0 Å². The van der Waals surface area contributed by atoms with Gasteiger partial charge in [0.05, 0.1) is 12.7 Å². The van der Waals surface area contributed by atoms with Crippen LogP contribution < -0.4 is 27.2 Å². The number of rotatable bonds is 11. The Labute approximate surface area is 160 Å². The first-order valence-electron chi connectivity index (χ1n) is 9.18. The number of aromatic nitrogens is 2. The molecule has 0 aliphatic heterocycles. The molecule has 0 unspecified atom stereocenters. The molecule has 0 radical (unpaired) electrons. The Morgan fingerprint density at radius 3 is 2.39 bits per heavy atom. The average molecular weight is 399 g/mol. The Bertz CT molecular complexity index is 789. The van der Waals surface area contributed by atoms with Gasteiger partial charge in [-0.05, 0) is 6.42 Å². The van der Waals surface area contributed by atoms with Gasteiger partial charge >= 0.3 is 11.7 Å². The minimum Gasteiger partial charge on any atom is -0.353 e. The molecule has 1 aromatic heterocycles. The van der Waals surface area contributed by atoms with Crippen LogP contribution in [0.15, 0.2) is 15.8 Å². The van der Waals surface area contributed by atoms with E-state index in [0.29, 0.717) is 17.2 Å². The van der Waals surface area contributed by atoms with E-state index in [1.165, 1.54) is 0 Å². The van der Waals surface area contributed by atoms with Crippen molar-refractivity contribution in [3.63, 3.8) is 0 Å². The van der Waals surface area contributed by atoms with Gasteiger partial charge in [0.2, 0.25) is 17.6 Å². The number of hydrogen-bond acceptors (Lipinski definition) is 5. The van der Waals surface area contributed by atoms with E-state index in [1.54, 1.807) is 4.98 Å². The van der Waals surface area contributed by atoms with Crippen LogP contribution in [0.3, 0.4) is 0 Å². The maximum Gasteiger partial charge on any atom is 0.336 e. The largest absolute Gasteiger partial charge is 0.353 e. The number of nitrogens with zero attached hydrogens (tertiary/aromatic N) is 1. The molecule has 1 aromatic rings. The number of nitrogens with one attached hydrogen (secondary N) is 4. The number of halogens is 1. The van der Waals surface area contributed by atoms with Crippen molar-refractivity contribution >= 4 is 17.8 Å². The molecule has 0 aliphatic rings. The van der Waals surface area contributed by atoms with Gasteiger partial charge in [0.25, 0.3) is 5.56 Å². The normalized spacial score (nSPS) is 10.4. The highest BCUT2D eigenvalue weighted by Gasteiger charge is 2.10. The molecule has 0 saturated carbocycles. The van der Waals surface area contributed by atoms with Crippen molar-refractivity contribution in [3.8, 4) is 0 Å². The summed E-state index contributed by atoms with van der Waals surface area (Å²) in [5.74, 6) is -1.90. The van der Waals surface area contributed by atoms with Gasteiger partial charge in [-0.25, -0.2) is 14.2 Å². The average Bonchev–Trinajstić information content (AvgIpc) is 2.66. The molecule has 0 bridgehead atoms. The van der Waals surface area contributed by atoms with E-state index >= 15 is 0 Å². The van der Waals surface area contributed by atoms with Gasteiger partial charge in [0.15, 0.2) is 0 Å². The Morgan fingerprint density at radius 1 is 1.00 bits per heavy atom. The van der Waals surface area contributed by atoms with Crippen molar-refractivity contribution in [1.82, 2.24) is 25.5 Å². The molecule has 0 aromatic carbocycles. The topological polar surface area (TPSA) is 142 Å². The fraction of sp³-hybridized carbons (Fsp3) is 0.588. The first-order valence-corrected chi connectivity index (χ1v) is 9.18. The van der Waals surface area contributed by atoms with Gasteiger partial charge < -0.3 is 16.0 Å². The van der Waals surface area contributed by atoms with Gasteiger partial charge in [-0.15, -0.1) is 0 Å². The summed E-state index contributed by atoms with van der Waals surface area (Å²) in [5.41, 5.74) is -2.30. The SMILES string of the molecule is CCCCCCCC(=O)NCC(=O)NCCNC(=O)n1cc(F)c(=O)[nH]c1=O. The molecule has 0 atom stereocenters. The second kappa shape index (κ2) is 12.4. The summed E-state index contributed by atoms with van der Waals surface area (Å²) in [6.07, 6.45) is 5.98. The Balaban J connectivity index is 2.20. The lowest BCUT2D eigenvalue weighted by Crippen LogP contribution is -2.44. The predicted octanol–water partition coefficient (Wildman–Crippen LogP) is -0.174. The van der Waals surface area contributed by atoms with E-state index < -0.39 is 29.0 Å². The fourth-order valence-electron chi connectivity index (χ4n) is 2.27. The van der Waals surface area contributed by atoms with E-state index in [-0.39, 0.29) is 25.5 Å². The third-order valence-electron chi connectivity index (χ3n) is 3.79. The minimum absolute atomic E-state index is 0.0386. The van der Waals surface area contributed by atoms with Gasteiger partial charge in [-0.2, -0.15) is 4.39 Å². The molecular formula is C17H26FN5O5. The number of aromatic amines is 1. The molecule has 0 aliphatic carbocycles. The summed E-state index contributed by atoms with van der Waals surface area (Å²) >= 11 is 0. The second-order valence-corrected chi connectivity index (χ2v) is 6.13. The highest BCUT2D eigenvalue weighted by molar-refractivity contribution is 5.84. The third kappa shape index (κ3) is 8.60. The molecule has 4 N–H and O–H groups in total. The van der Waals surface area contributed by atoms with Crippen LogP contribution in [0.25, 0.3) is 0 Å². The van der Waals surface area contributed by atoms with Crippen molar-refractivity contribution in [3.05, 3.63) is 32.9 Å². The molecule has 0 saturated heterocycles. The Kier molecular flexibility index (Phi) is 10.2. The lowest BCUT2D eigenvalue weighted by Gasteiger charge is -2.09. The minimum atomic E-state index is -1.27. The summed E-state index contributed by atoms with van der Waals surface area (Å²) in [6, 6.07) is -0.953. The van der Waals surface area contributed by atoms with Gasteiger partial charge in [-0.3, -0.25) is 19.4 Å². The molecule has 0 fully saturated rings. The van der Waals surface area contributed by atoms with Gasteiger partial charge in [0.1, 0.15) is 0 Å². The monoisotopic (exact) mass is 399 g/mol. The van der Waals surface area contributed by atoms with Crippen LogP contribution in [0.1, 0.15) is 45.4 Å². The third-order valence-corrected chi connectivity index (χ3v) is 3.79. The second-order valence-electron chi connectivity index (χ2n) is 6.13. The molecule has 1 rings (SSSR count). The maximum atomic E-state index is 13.1. The summed E-state index contributed by atoms with van der Waals surface area (Å²) in [6.45, 7) is 1.94. The lowest BCUT2D eigenvalue weighted by atomic mass is 10.1. The van der Waals surface area contributed by atoms with E-state index in [2.05, 4.69) is 22.9 Å². The molecule has 3 amide bonds. The maximum absolute atomic E-state index is 13.1. The lowest BCUT2D eigenvalue weighted by molar-refractivity contribution is -0.126. The number of amides is 3. The molecule has 11 heteroatoms. The van der Waals surface area contributed by atoms with Gasteiger partial charge in [0, 0.05) is 19.5 Å². The number of H-pyrrole nitrogens is 1. The van der Waals surface area contributed by atoms with Crippen LogP contribution in [0.5, 0.6) is 0 Å². The molecule has 1 heterocycles. The van der Waals surface area contributed by atoms with E-state index in [0.717, 1.165) is 32.1 Å². The summed E-state index contributed by atoms with van der Waals surface area (Å²) < 4.78 is 13.5. The zero-order chi connectivity index (χ0) is 20.9. The van der Waals surface area contributed by atoms with Crippen molar-refractivity contribution in [2.24, 2.45) is 0 Å². The van der Waals surface area contributed by atoms with E-state index in [9.17, 15) is 28.4 Å². The smallest absolute Gasteiger partial charge is 0.336 e. The first kappa shape index (κ1) is 23.1. The zero-order valence-corrected chi connectivity index (χ0v) is 15.8. The molecule has 0 spiro atoms. The molecular weight excluding hydrogens is 373 g/mol. The predicted molar refractivity (Wildman–Crippen MR) is 99.5 cm³/mol. The summed E-state index contributed by atoms with van der Waals surface area (Å²) in [7, 11) is 0. The van der Waals surface area contributed by atoms with Crippen LogP contribution in [0, 0.1) is 5.82 Å². The quantitative estimate of drug-likeness (QED) is 0.382. The molecule has 156 valence electrons. The number of hydrogen-bond donors (Lipinski definition) is 4. The molecule has 28 heavy (non-hydrogen) atoms. The van der Waals surface area contributed by atoms with Crippen molar-refractivity contribution < 1.29 is 18.8 Å². The fourth-order valence-corrected chi connectivity index (χ4v) is 2.27. The van der Waals surface area contributed by atoms with Crippen LogP contribution in [0.2, 0.25) is 0 Å². The summed E-state index contributed by atoms with van der Waals surface area (Å²) in [5, 5.41) is 7.27. The summed E-state index contributed by atoms with van der Waals surface area (Å²) in [4.78, 5) is 59.0. The highest BCUT2D eigenvalue weighted by atomic mass is 19.1. The van der Waals surface area contributed by atoms with Crippen LogP contribution in [-0.2, 0) is 9.59 Å². The van der Waals surface area contributed by atoms with Gasteiger partial charge in [-0.1, -0.05) is 32.6 Å².